The number of aromatic nitrogens is 1. The lowest BCUT2D eigenvalue weighted by Crippen LogP contribution is -2.25. The van der Waals surface area contributed by atoms with Gasteiger partial charge in [0.15, 0.2) is 11.3 Å². The van der Waals surface area contributed by atoms with Gasteiger partial charge in [-0.2, -0.15) is 0 Å². The fraction of sp³-hybridized carbons (Fsp3) is 0.176. The standard InChI is InChI=1S/C17H16N2O3/c1-21-14-6-3-2-5-12(14)8-10-19-17(20)16-11-13-15(22-16)7-4-9-18-13/h2-7,9,11H,8,10H2,1H3,(H,19,20). The van der Waals surface area contributed by atoms with Crippen LogP contribution >= 0.6 is 0 Å². The molecule has 112 valence electrons. The molecular weight excluding hydrogens is 280 g/mol. The Kier molecular flexibility index (Phi) is 4.05. The maximum absolute atomic E-state index is 12.1. The number of hydrogen-bond acceptors (Lipinski definition) is 4. The lowest BCUT2D eigenvalue weighted by molar-refractivity contribution is 0.0928. The van der Waals surface area contributed by atoms with E-state index in [1.807, 2.05) is 24.3 Å². The normalized spacial score (nSPS) is 10.6. The number of fused-ring (bicyclic) bond motifs is 1. The van der Waals surface area contributed by atoms with E-state index in [1.165, 1.54) is 0 Å². The summed E-state index contributed by atoms with van der Waals surface area (Å²) in [7, 11) is 1.64. The second-order valence-corrected chi connectivity index (χ2v) is 4.82. The number of ether oxygens (including phenoxy) is 1. The fourth-order valence-corrected chi connectivity index (χ4v) is 2.29. The molecule has 0 radical (unpaired) electrons. The molecule has 0 aliphatic heterocycles. The van der Waals surface area contributed by atoms with Crippen molar-refractivity contribution >= 4 is 17.0 Å². The Labute approximate surface area is 127 Å². The van der Waals surface area contributed by atoms with Crippen LogP contribution in [0.2, 0.25) is 0 Å². The van der Waals surface area contributed by atoms with Gasteiger partial charge in [0.05, 0.1) is 7.11 Å². The summed E-state index contributed by atoms with van der Waals surface area (Å²) < 4.78 is 10.8. The third kappa shape index (κ3) is 2.93. The topological polar surface area (TPSA) is 64.4 Å². The van der Waals surface area contributed by atoms with Crippen LogP contribution in [0.1, 0.15) is 16.1 Å². The number of nitrogens with one attached hydrogen (secondary N) is 1. The van der Waals surface area contributed by atoms with Crippen molar-refractivity contribution in [3.05, 3.63) is 60.0 Å². The highest BCUT2D eigenvalue weighted by Gasteiger charge is 2.12. The molecule has 0 aliphatic carbocycles. The highest BCUT2D eigenvalue weighted by molar-refractivity contribution is 5.95. The zero-order valence-electron chi connectivity index (χ0n) is 12.2. The van der Waals surface area contributed by atoms with E-state index in [0.717, 1.165) is 11.3 Å². The molecule has 5 nitrogen and oxygen atoms in total. The summed E-state index contributed by atoms with van der Waals surface area (Å²) in [6.45, 7) is 0.504. The summed E-state index contributed by atoms with van der Waals surface area (Å²) in [4.78, 5) is 16.2. The van der Waals surface area contributed by atoms with E-state index in [1.54, 1.807) is 31.5 Å². The van der Waals surface area contributed by atoms with E-state index in [-0.39, 0.29) is 11.7 Å². The number of para-hydroxylation sites is 1. The Morgan fingerprint density at radius 2 is 2.14 bits per heavy atom. The van der Waals surface area contributed by atoms with Crippen LogP contribution in [0.3, 0.4) is 0 Å². The molecule has 0 atom stereocenters. The molecule has 0 fully saturated rings. The fourth-order valence-electron chi connectivity index (χ4n) is 2.29. The Morgan fingerprint density at radius 3 is 2.95 bits per heavy atom. The van der Waals surface area contributed by atoms with Gasteiger partial charge in [0.2, 0.25) is 0 Å². The molecule has 0 bridgehead atoms. The molecule has 0 saturated carbocycles. The summed E-state index contributed by atoms with van der Waals surface area (Å²) in [6, 6.07) is 13.0. The molecule has 2 heterocycles. The van der Waals surface area contributed by atoms with Gasteiger partial charge in [0.1, 0.15) is 11.3 Å². The van der Waals surface area contributed by atoms with Crippen molar-refractivity contribution in [3.63, 3.8) is 0 Å². The van der Waals surface area contributed by atoms with Gasteiger partial charge in [0, 0.05) is 18.8 Å². The number of carbonyl (C=O) groups excluding carboxylic acids is 1. The number of methoxy groups -OCH3 is 1. The molecule has 0 aliphatic rings. The van der Waals surface area contributed by atoms with Crippen molar-refractivity contribution in [3.8, 4) is 5.75 Å². The zero-order chi connectivity index (χ0) is 15.4. The second kappa shape index (κ2) is 6.30. The molecule has 3 rings (SSSR count). The van der Waals surface area contributed by atoms with Crippen LogP contribution in [-0.4, -0.2) is 24.5 Å². The van der Waals surface area contributed by atoms with Crippen LogP contribution in [0.15, 0.2) is 53.1 Å². The van der Waals surface area contributed by atoms with Crippen LogP contribution in [0.4, 0.5) is 0 Å². The monoisotopic (exact) mass is 296 g/mol. The molecule has 1 aromatic carbocycles. The van der Waals surface area contributed by atoms with Gasteiger partial charge >= 0.3 is 0 Å². The molecule has 22 heavy (non-hydrogen) atoms. The van der Waals surface area contributed by atoms with Crippen molar-refractivity contribution in [2.75, 3.05) is 13.7 Å². The van der Waals surface area contributed by atoms with Crippen LogP contribution in [0.25, 0.3) is 11.1 Å². The minimum Gasteiger partial charge on any atom is -0.496 e. The van der Waals surface area contributed by atoms with Gasteiger partial charge in [-0.25, -0.2) is 0 Å². The van der Waals surface area contributed by atoms with Crippen LogP contribution in [-0.2, 0) is 6.42 Å². The number of rotatable bonds is 5. The van der Waals surface area contributed by atoms with Crippen LogP contribution in [0, 0.1) is 0 Å². The predicted octanol–water partition coefficient (Wildman–Crippen LogP) is 2.81. The summed E-state index contributed by atoms with van der Waals surface area (Å²) in [5, 5.41) is 2.84. The van der Waals surface area contributed by atoms with E-state index >= 15 is 0 Å². The second-order valence-electron chi connectivity index (χ2n) is 4.82. The van der Waals surface area contributed by atoms with E-state index in [9.17, 15) is 4.79 Å². The molecule has 3 aromatic rings. The first kappa shape index (κ1) is 14.1. The lowest BCUT2D eigenvalue weighted by atomic mass is 10.1. The van der Waals surface area contributed by atoms with E-state index in [0.29, 0.717) is 24.1 Å². The third-order valence-electron chi connectivity index (χ3n) is 3.38. The lowest BCUT2D eigenvalue weighted by Gasteiger charge is -2.08. The Hall–Kier alpha value is -2.82. The molecular formula is C17H16N2O3. The molecule has 5 heteroatoms. The number of carbonyl (C=O) groups is 1. The Balaban J connectivity index is 1.62. The summed E-state index contributed by atoms with van der Waals surface area (Å²) in [5.74, 6) is 0.853. The maximum atomic E-state index is 12.1. The summed E-state index contributed by atoms with van der Waals surface area (Å²) in [5.41, 5.74) is 2.34. The molecule has 0 spiro atoms. The first-order valence-electron chi connectivity index (χ1n) is 7.02. The Bertz CT molecular complexity index is 762. The molecule has 0 saturated heterocycles. The Morgan fingerprint density at radius 1 is 1.27 bits per heavy atom. The van der Waals surface area contributed by atoms with Gasteiger partial charge in [-0.15, -0.1) is 0 Å². The minimum absolute atomic E-state index is 0.243. The predicted molar refractivity (Wildman–Crippen MR) is 83.0 cm³/mol. The smallest absolute Gasteiger partial charge is 0.287 e. The molecule has 2 aromatic heterocycles. The van der Waals surface area contributed by atoms with Gasteiger partial charge in [0.25, 0.3) is 5.91 Å². The summed E-state index contributed by atoms with van der Waals surface area (Å²) in [6.07, 6.45) is 2.36. The molecule has 0 unspecified atom stereocenters. The van der Waals surface area contributed by atoms with Gasteiger partial charge in [-0.3, -0.25) is 9.78 Å². The quantitative estimate of drug-likeness (QED) is 0.786. The van der Waals surface area contributed by atoms with Crippen molar-refractivity contribution in [1.82, 2.24) is 10.3 Å². The number of nitrogens with zero attached hydrogens (tertiary/aromatic N) is 1. The number of benzene rings is 1. The number of furan rings is 1. The highest BCUT2D eigenvalue weighted by atomic mass is 16.5. The largest absolute Gasteiger partial charge is 0.496 e. The van der Waals surface area contributed by atoms with Crippen molar-refractivity contribution in [2.24, 2.45) is 0 Å². The summed E-state index contributed by atoms with van der Waals surface area (Å²) >= 11 is 0. The van der Waals surface area contributed by atoms with Crippen molar-refractivity contribution in [1.29, 1.82) is 0 Å². The van der Waals surface area contributed by atoms with Crippen molar-refractivity contribution < 1.29 is 13.9 Å². The number of hydrogen-bond donors (Lipinski definition) is 1. The van der Waals surface area contributed by atoms with Gasteiger partial charge in [-0.05, 0) is 30.2 Å². The maximum Gasteiger partial charge on any atom is 0.287 e. The average Bonchev–Trinajstić information content (AvgIpc) is 2.99. The first-order chi connectivity index (χ1) is 10.8. The number of amides is 1. The zero-order valence-corrected chi connectivity index (χ0v) is 12.2. The highest BCUT2D eigenvalue weighted by Crippen LogP contribution is 2.18. The minimum atomic E-state index is -0.243. The van der Waals surface area contributed by atoms with E-state index in [4.69, 9.17) is 9.15 Å². The van der Waals surface area contributed by atoms with Crippen LogP contribution < -0.4 is 10.1 Å². The number of pyridine rings is 1. The van der Waals surface area contributed by atoms with Gasteiger partial charge < -0.3 is 14.5 Å². The van der Waals surface area contributed by atoms with Crippen molar-refractivity contribution in [2.45, 2.75) is 6.42 Å². The SMILES string of the molecule is COc1ccccc1CCNC(=O)c1cc2ncccc2o1. The van der Waals surface area contributed by atoms with Gasteiger partial charge in [-0.1, -0.05) is 18.2 Å². The van der Waals surface area contributed by atoms with E-state index < -0.39 is 0 Å². The first-order valence-corrected chi connectivity index (χ1v) is 7.02. The third-order valence-corrected chi connectivity index (χ3v) is 3.38. The molecule has 1 N–H and O–H groups in total. The average molecular weight is 296 g/mol. The van der Waals surface area contributed by atoms with E-state index in [2.05, 4.69) is 10.3 Å². The van der Waals surface area contributed by atoms with Crippen LogP contribution in [0.5, 0.6) is 5.75 Å². The molecule has 1 amide bonds.